The molecule has 4 saturated carbocycles. The maximum atomic E-state index is 6.35. The summed E-state index contributed by atoms with van der Waals surface area (Å²) >= 11 is 0. The average Bonchev–Trinajstić information content (AvgIpc) is 3.91. The van der Waals surface area contributed by atoms with Gasteiger partial charge in [-0.3, -0.25) is 0 Å². The van der Waals surface area contributed by atoms with E-state index >= 15 is 0 Å². The third kappa shape index (κ3) is 9.47. The maximum Gasteiger partial charge on any atom is 0.104 e. The van der Waals surface area contributed by atoms with Crippen LogP contribution in [0.5, 0.6) is 0 Å². The highest BCUT2D eigenvalue weighted by Gasteiger charge is 2.47. The van der Waals surface area contributed by atoms with E-state index in [2.05, 4.69) is 0 Å². The zero-order chi connectivity index (χ0) is 30.7. The molecule has 8 nitrogen and oxygen atoms in total. The van der Waals surface area contributed by atoms with E-state index in [4.69, 9.17) is 37.9 Å². The zero-order valence-corrected chi connectivity index (χ0v) is 28.3. The number of ether oxygens (including phenoxy) is 8. The van der Waals surface area contributed by atoms with Crippen molar-refractivity contribution in [1.82, 2.24) is 0 Å². The predicted molar refractivity (Wildman–Crippen MR) is 173 cm³/mol. The number of rotatable bonds is 17. The molecular weight excluding hydrogens is 584 g/mol. The summed E-state index contributed by atoms with van der Waals surface area (Å²) in [7, 11) is 0. The molecule has 0 radical (unpaired) electrons. The minimum absolute atomic E-state index is 0.366. The van der Waals surface area contributed by atoms with E-state index in [9.17, 15) is 0 Å². The van der Waals surface area contributed by atoms with E-state index in [0.29, 0.717) is 48.8 Å². The normalized spacial score (nSPS) is 45.1. The van der Waals surface area contributed by atoms with Crippen molar-refractivity contribution in [2.45, 2.75) is 152 Å². The Morgan fingerprint density at radius 2 is 0.522 bits per heavy atom. The van der Waals surface area contributed by atoms with Gasteiger partial charge in [-0.1, -0.05) is 0 Å². The van der Waals surface area contributed by atoms with Gasteiger partial charge < -0.3 is 37.9 Å². The fourth-order valence-electron chi connectivity index (χ4n) is 10.2. The van der Waals surface area contributed by atoms with E-state index in [1.165, 1.54) is 103 Å². The van der Waals surface area contributed by atoms with Crippen molar-refractivity contribution in [1.29, 1.82) is 0 Å². The molecule has 4 heterocycles. The van der Waals surface area contributed by atoms with Crippen LogP contribution in [0.25, 0.3) is 0 Å². The quantitative estimate of drug-likeness (QED) is 0.175. The first-order valence-corrected chi connectivity index (χ1v) is 19.7. The largest absolute Gasteiger partial charge is 0.375 e. The summed E-state index contributed by atoms with van der Waals surface area (Å²) in [5.74, 6) is 4.95. The first kappa shape index (κ1) is 32.9. The average molecular weight is 647 g/mol. The van der Waals surface area contributed by atoms with Gasteiger partial charge in [0.25, 0.3) is 0 Å². The molecule has 8 rings (SSSR count). The highest BCUT2D eigenvalue weighted by atomic mass is 16.6. The maximum absolute atomic E-state index is 6.35. The summed E-state index contributed by atoms with van der Waals surface area (Å²) in [6.45, 7) is 6.76. The molecule has 262 valence electrons. The summed E-state index contributed by atoms with van der Waals surface area (Å²) in [6.07, 6.45) is 23.7. The van der Waals surface area contributed by atoms with Crippen LogP contribution >= 0.6 is 0 Å². The molecule has 4 unspecified atom stereocenters. The monoisotopic (exact) mass is 646 g/mol. The molecule has 0 aromatic heterocycles. The molecule has 0 bridgehead atoms. The molecule has 4 aliphatic heterocycles. The van der Waals surface area contributed by atoms with Gasteiger partial charge in [0.15, 0.2) is 0 Å². The Kier molecular flexibility index (Phi) is 11.2. The lowest BCUT2D eigenvalue weighted by molar-refractivity contribution is -0.0682. The van der Waals surface area contributed by atoms with Crippen molar-refractivity contribution >= 4 is 0 Å². The lowest BCUT2D eigenvalue weighted by Gasteiger charge is -2.51. The van der Waals surface area contributed by atoms with Crippen LogP contribution in [0.4, 0.5) is 0 Å². The SMILES string of the molecule is C1CC(C(C2CCC(OCC3CO3)CC2)C(C2CCC(OCC3CO3)CC2)C2CCC(OCC3CO3)CC2)CCC1OCC1CO1. The van der Waals surface area contributed by atoms with Gasteiger partial charge in [-0.2, -0.15) is 0 Å². The molecule has 8 heteroatoms. The minimum Gasteiger partial charge on any atom is -0.375 e. The molecule has 4 atom stereocenters. The summed E-state index contributed by atoms with van der Waals surface area (Å²) < 4.78 is 47.2. The fraction of sp³-hybridized carbons (Fsp3) is 1.00. The van der Waals surface area contributed by atoms with Crippen LogP contribution in [0.1, 0.15) is 103 Å². The summed E-state index contributed by atoms with van der Waals surface area (Å²) in [5.41, 5.74) is 0. The molecule has 0 amide bonds. The molecule has 4 aliphatic carbocycles. The van der Waals surface area contributed by atoms with Gasteiger partial charge in [-0.15, -0.1) is 0 Å². The topological polar surface area (TPSA) is 87.0 Å². The van der Waals surface area contributed by atoms with Gasteiger partial charge in [-0.05, 0) is 138 Å². The first-order chi connectivity index (χ1) is 22.7. The van der Waals surface area contributed by atoms with Crippen LogP contribution in [0.3, 0.4) is 0 Å². The summed E-state index contributed by atoms with van der Waals surface area (Å²) in [4.78, 5) is 0. The van der Waals surface area contributed by atoms with Gasteiger partial charge in [0.2, 0.25) is 0 Å². The van der Waals surface area contributed by atoms with E-state index in [0.717, 1.165) is 88.4 Å². The molecule has 0 aromatic carbocycles. The fourth-order valence-corrected chi connectivity index (χ4v) is 10.2. The van der Waals surface area contributed by atoms with Gasteiger partial charge in [0, 0.05) is 0 Å². The van der Waals surface area contributed by atoms with Gasteiger partial charge >= 0.3 is 0 Å². The van der Waals surface area contributed by atoms with Crippen LogP contribution in [0.2, 0.25) is 0 Å². The Balaban J connectivity index is 0.956. The lowest BCUT2D eigenvalue weighted by atomic mass is 9.55. The zero-order valence-electron chi connectivity index (χ0n) is 28.3. The molecule has 0 N–H and O–H groups in total. The van der Waals surface area contributed by atoms with Crippen LogP contribution in [0, 0.1) is 35.5 Å². The van der Waals surface area contributed by atoms with Gasteiger partial charge in [-0.25, -0.2) is 0 Å². The molecule has 4 saturated heterocycles. The molecule has 8 fully saturated rings. The van der Waals surface area contributed by atoms with Crippen molar-refractivity contribution in [3.63, 3.8) is 0 Å². The highest BCUT2D eigenvalue weighted by Crippen LogP contribution is 2.53. The molecule has 0 spiro atoms. The van der Waals surface area contributed by atoms with E-state index < -0.39 is 0 Å². The Labute approximate surface area is 277 Å². The van der Waals surface area contributed by atoms with Crippen molar-refractivity contribution in [3.8, 4) is 0 Å². The third-order valence-electron chi connectivity index (χ3n) is 13.2. The van der Waals surface area contributed by atoms with Gasteiger partial charge in [0.05, 0.1) is 77.3 Å². The van der Waals surface area contributed by atoms with Crippen molar-refractivity contribution in [2.75, 3.05) is 52.9 Å². The summed E-state index contributed by atoms with van der Waals surface area (Å²) in [6, 6.07) is 0. The smallest absolute Gasteiger partial charge is 0.104 e. The Morgan fingerprint density at radius 3 is 0.696 bits per heavy atom. The van der Waals surface area contributed by atoms with Crippen LogP contribution in [0.15, 0.2) is 0 Å². The van der Waals surface area contributed by atoms with Crippen molar-refractivity contribution in [3.05, 3.63) is 0 Å². The highest BCUT2D eigenvalue weighted by molar-refractivity contribution is 4.96. The first-order valence-electron chi connectivity index (χ1n) is 19.7. The van der Waals surface area contributed by atoms with E-state index in [1.807, 2.05) is 0 Å². The Hall–Kier alpha value is -0.320. The Bertz CT molecular complexity index is 756. The number of epoxide rings is 4. The second-order valence-electron chi connectivity index (χ2n) is 16.5. The molecule has 0 aromatic rings. The third-order valence-corrected chi connectivity index (χ3v) is 13.2. The predicted octanol–water partition coefficient (Wildman–Crippen LogP) is 6.12. The minimum atomic E-state index is 0.366. The molecule has 8 aliphatic rings. The molecular formula is C38H62O8. The second-order valence-corrected chi connectivity index (χ2v) is 16.5. The van der Waals surface area contributed by atoms with Crippen molar-refractivity contribution in [2.24, 2.45) is 35.5 Å². The lowest BCUT2D eigenvalue weighted by Crippen LogP contribution is -2.45. The number of hydrogen-bond donors (Lipinski definition) is 0. The van der Waals surface area contributed by atoms with Gasteiger partial charge in [0.1, 0.15) is 24.4 Å². The summed E-state index contributed by atoms with van der Waals surface area (Å²) in [5, 5.41) is 0. The Morgan fingerprint density at radius 1 is 0.326 bits per heavy atom. The van der Waals surface area contributed by atoms with E-state index in [-0.39, 0.29) is 0 Å². The number of hydrogen-bond acceptors (Lipinski definition) is 8. The second kappa shape index (κ2) is 15.7. The van der Waals surface area contributed by atoms with Crippen LogP contribution in [-0.4, -0.2) is 102 Å². The van der Waals surface area contributed by atoms with Crippen LogP contribution < -0.4 is 0 Å². The standard InChI is InChI=1S/C38H62O8/c1-9-29(39-17-33-21-43-33)10-2-25(1)37(26-3-11-30(12-4-26)40-18-34-22-44-34)38(27-5-13-31(14-6-27)41-19-35-23-45-35)28-7-15-32(16-8-28)42-20-36-24-46-36/h25-38H,1-24H2. The van der Waals surface area contributed by atoms with E-state index in [1.54, 1.807) is 0 Å². The molecule has 46 heavy (non-hydrogen) atoms. The van der Waals surface area contributed by atoms with Crippen LogP contribution in [-0.2, 0) is 37.9 Å². The van der Waals surface area contributed by atoms with Crippen molar-refractivity contribution < 1.29 is 37.9 Å².